The van der Waals surface area contributed by atoms with Crippen LogP contribution in [0, 0.1) is 23.7 Å². The standard InChI is InChI=1S/C22H42O4/c1-17(2)11-13-19(5)15-25-21(23)9-7-8-10-22(24)26-16-20(6)14-12-18(3)4/h17-20H,7-16H2,1-6H3. The van der Waals surface area contributed by atoms with Crippen molar-refractivity contribution in [3.05, 3.63) is 0 Å². The van der Waals surface area contributed by atoms with Gasteiger partial charge < -0.3 is 9.47 Å². The Morgan fingerprint density at radius 1 is 0.615 bits per heavy atom. The van der Waals surface area contributed by atoms with Crippen LogP contribution in [0.2, 0.25) is 0 Å². The summed E-state index contributed by atoms with van der Waals surface area (Å²) in [6, 6.07) is 0. The number of hydrogen-bond acceptors (Lipinski definition) is 4. The van der Waals surface area contributed by atoms with Crippen molar-refractivity contribution in [1.82, 2.24) is 0 Å². The SMILES string of the molecule is CC(C)CCC(C)COC(=O)CCCCC(=O)OCC(C)CCC(C)C. The molecule has 0 heterocycles. The van der Waals surface area contributed by atoms with E-state index in [9.17, 15) is 9.59 Å². The minimum Gasteiger partial charge on any atom is -0.465 e. The average Bonchev–Trinajstić information content (AvgIpc) is 2.58. The Morgan fingerprint density at radius 3 is 1.27 bits per heavy atom. The Hall–Kier alpha value is -1.06. The monoisotopic (exact) mass is 370 g/mol. The molecule has 0 aromatic heterocycles. The fourth-order valence-corrected chi connectivity index (χ4v) is 2.56. The normalized spacial score (nSPS) is 13.7. The Kier molecular flexibility index (Phi) is 14.4. The van der Waals surface area contributed by atoms with Gasteiger partial charge >= 0.3 is 11.9 Å². The third kappa shape index (κ3) is 16.4. The van der Waals surface area contributed by atoms with Crippen molar-refractivity contribution in [3.8, 4) is 0 Å². The minimum absolute atomic E-state index is 0.155. The second-order valence-electron chi connectivity index (χ2n) is 8.73. The number of hydrogen-bond donors (Lipinski definition) is 0. The fraction of sp³-hybridized carbons (Fsp3) is 0.909. The number of rotatable bonds is 15. The maximum atomic E-state index is 11.7. The first-order valence-corrected chi connectivity index (χ1v) is 10.5. The van der Waals surface area contributed by atoms with Gasteiger partial charge in [-0.05, 0) is 49.4 Å². The third-order valence-electron chi connectivity index (χ3n) is 4.54. The second kappa shape index (κ2) is 15.0. The molecule has 0 saturated heterocycles. The summed E-state index contributed by atoms with van der Waals surface area (Å²) in [7, 11) is 0. The molecule has 0 aliphatic carbocycles. The molecule has 154 valence electrons. The number of carbonyl (C=O) groups excluding carboxylic acids is 2. The Bertz CT molecular complexity index is 340. The topological polar surface area (TPSA) is 52.6 Å². The van der Waals surface area contributed by atoms with Crippen LogP contribution in [0.4, 0.5) is 0 Å². The Balaban J connectivity index is 3.62. The lowest BCUT2D eigenvalue weighted by Gasteiger charge is -2.14. The van der Waals surface area contributed by atoms with E-state index in [1.807, 2.05) is 0 Å². The van der Waals surface area contributed by atoms with Crippen molar-refractivity contribution >= 4 is 11.9 Å². The first-order chi connectivity index (χ1) is 12.2. The van der Waals surface area contributed by atoms with Crippen LogP contribution in [0.15, 0.2) is 0 Å². The summed E-state index contributed by atoms with van der Waals surface area (Å²) in [5, 5.41) is 0. The zero-order valence-electron chi connectivity index (χ0n) is 18.0. The number of carbonyl (C=O) groups is 2. The molecular weight excluding hydrogens is 328 g/mol. The summed E-state index contributed by atoms with van der Waals surface area (Å²) in [5.41, 5.74) is 0. The first-order valence-electron chi connectivity index (χ1n) is 10.5. The van der Waals surface area contributed by atoms with E-state index >= 15 is 0 Å². The third-order valence-corrected chi connectivity index (χ3v) is 4.54. The lowest BCUT2D eigenvalue weighted by molar-refractivity contribution is -0.147. The van der Waals surface area contributed by atoms with Gasteiger partial charge in [-0.25, -0.2) is 0 Å². The van der Waals surface area contributed by atoms with Crippen molar-refractivity contribution < 1.29 is 19.1 Å². The lowest BCUT2D eigenvalue weighted by Crippen LogP contribution is -2.13. The summed E-state index contributed by atoms with van der Waals surface area (Å²) >= 11 is 0. The van der Waals surface area contributed by atoms with Crippen LogP contribution in [0.3, 0.4) is 0 Å². The maximum Gasteiger partial charge on any atom is 0.305 e. The van der Waals surface area contributed by atoms with Crippen LogP contribution in [0.1, 0.15) is 92.9 Å². The predicted molar refractivity (Wildman–Crippen MR) is 107 cm³/mol. The van der Waals surface area contributed by atoms with Crippen molar-refractivity contribution in [2.45, 2.75) is 92.9 Å². The molecule has 0 saturated carbocycles. The molecule has 0 spiro atoms. The molecule has 0 aliphatic rings. The zero-order chi connectivity index (χ0) is 19.9. The minimum atomic E-state index is -0.155. The van der Waals surface area contributed by atoms with Gasteiger partial charge in [0.05, 0.1) is 13.2 Å². The Morgan fingerprint density at radius 2 is 0.962 bits per heavy atom. The van der Waals surface area contributed by atoms with Crippen LogP contribution in [0.5, 0.6) is 0 Å². The van der Waals surface area contributed by atoms with E-state index in [2.05, 4.69) is 41.5 Å². The molecule has 4 nitrogen and oxygen atoms in total. The summed E-state index contributed by atoms with van der Waals surface area (Å²) in [6.07, 6.45) is 6.63. The molecule has 0 aromatic rings. The van der Waals surface area contributed by atoms with Gasteiger partial charge in [0.2, 0.25) is 0 Å². The first kappa shape index (κ1) is 24.9. The highest BCUT2D eigenvalue weighted by molar-refractivity contribution is 5.70. The molecule has 0 rings (SSSR count). The van der Waals surface area contributed by atoms with Crippen LogP contribution in [-0.2, 0) is 19.1 Å². The van der Waals surface area contributed by atoms with Crippen LogP contribution in [0.25, 0.3) is 0 Å². The van der Waals surface area contributed by atoms with Gasteiger partial charge in [0.1, 0.15) is 0 Å². The highest BCUT2D eigenvalue weighted by atomic mass is 16.5. The zero-order valence-corrected chi connectivity index (χ0v) is 18.0. The second-order valence-corrected chi connectivity index (χ2v) is 8.73. The largest absolute Gasteiger partial charge is 0.465 e. The number of ether oxygens (including phenoxy) is 2. The highest BCUT2D eigenvalue weighted by Gasteiger charge is 2.11. The van der Waals surface area contributed by atoms with Gasteiger partial charge in [-0.15, -0.1) is 0 Å². The average molecular weight is 371 g/mol. The molecule has 0 N–H and O–H groups in total. The quantitative estimate of drug-likeness (QED) is 0.271. The fourth-order valence-electron chi connectivity index (χ4n) is 2.56. The molecule has 0 aliphatic heterocycles. The van der Waals surface area contributed by atoms with Crippen molar-refractivity contribution in [2.75, 3.05) is 13.2 Å². The van der Waals surface area contributed by atoms with Crippen molar-refractivity contribution in [1.29, 1.82) is 0 Å². The van der Waals surface area contributed by atoms with E-state index in [1.54, 1.807) is 0 Å². The highest BCUT2D eigenvalue weighted by Crippen LogP contribution is 2.14. The number of esters is 2. The summed E-state index contributed by atoms with van der Waals surface area (Å²) in [5.74, 6) is 1.88. The van der Waals surface area contributed by atoms with E-state index in [1.165, 1.54) is 0 Å². The van der Waals surface area contributed by atoms with Gasteiger partial charge in [-0.1, -0.05) is 54.4 Å². The summed E-state index contributed by atoms with van der Waals surface area (Å²) in [6.45, 7) is 14.1. The molecule has 2 unspecified atom stereocenters. The molecule has 0 aromatic carbocycles. The number of unbranched alkanes of at least 4 members (excludes halogenated alkanes) is 1. The molecule has 0 bridgehead atoms. The molecule has 0 fully saturated rings. The van der Waals surface area contributed by atoms with E-state index in [-0.39, 0.29) is 11.9 Å². The molecule has 0 amide bonds. The Labute approximate surface area is 161 Å². The van der Waals surface area contributed by atoms with Gasteiger partial charge in [0.25, 0.3) is 0 Å². The smallest absolute Gasteiger partial charge is 0.305 e. The van der Waals surface area contributed by atoms with Crippen molar-refractivity contribution in [3.63, 3.8) is 0 Å². The predicted octanol–water partition coefficient (Wildman–Crippen LogP) is 5.78. The summed E-state index contributed by atoms with van der Waals surface area (Å²) < 4.78 is 10.6. The van der Waals surface area contributed by atoms with E-state index in [4.69, 9.17) is 9.47 Å². The van der Waals surface area contributed by atoms with Gasteiger partial charge in [0.15, 0.2) is 0 Å². The molecule has 2 atom stereocenters. The molecule has 26 heavy (non-hydrogen) atoms. The maximum absolute atomic E-state index is 11.7. The van der Waals surface area contributed by atoms with E-state index < -0.39 is 0 Å². The molecule has 4 heteroatoms. The molecular formula is C22H42O4. The van der Waals surface area contributed by atoms with Crippen LogP contribution < -0.4 is 0 Å². The van der Waals surface area contributed by atoms with Crippen LogP contribution >= 0.6 is 0 Å². The van der Waals surface area contributed by atoms with Gasteiger partial charge in [0, 0.05) is 12.8 Å². The lowest BCUT2D eigenvalue weighted by atomic mass is 10.0. The molecule has 0 radical (unpaired) electrons. The summed E-state index contributed by atoms with van der Waals surface area (Å²) in [4.78, 5) is 23.5. The van der Waals surface area contributed by atoms with Gasteiger partial charge in [-0.3, -0.25) is 9.59 Å². The van der Waals surface area contributed by atoms with Crippen molar-refractivity contribution in [2.24, 2.45) is 23.7 Å². The van der Waals surface area contributed by atoms with Gasteiger partial charge in [-0.2, -0.15) is 0 Å². The van der Waals surface area contributed by atoms with E-state index in [0.29, 0.717) is 62.6 Å². The van der Waals surface area contributed by atoms with Crippen LogP contribution in [-0.4, -0.2) is 25.2 Å². The van der Waals surface area contributed by atoms with E-state index in [0.717, 1.165) is 25.7 Å².